The molecule has 2 heterocycles. The zero-order chi connectivity index (χ0) is 27.6. The second-order valence-corrected chi connectivity index (χ2v) is 9.41. The van der Waals surface area contributed by atoms with Gasteiger partial charge in [-0.15, -0.1) is 0 Å². The molecule has 0 aliphatic carbocycles. The summed E-state index contributed by atoms with van der Waals surface area (Å²) in [5.74, 6) is 1.41. The molecule has 0 bridgehead atoms. The lowest BCUT2D eigenvalue weighted by molar-refractivity contribution is -0.126. The number of carbonyl (C=O) groups is 2. The van der Waals surface area contributed by atoms with Crippen LogP contribution in [0.25, 0.3) is 11.3 Å². The van der Waals surface area contributed by atoms with Gasteiger partial charge in [0.15, 0.2) is 0 Å². The largest absolute Gasteiger partial charge is 0.497 e. The zero-order valence-corrected chi connectivity index (χ0v) is 22.3. The molecule has 0 fully saturated rings. The maximum Gasteiger partial charge on any atom is 0.277 e. The van der Waals surface area contributed by atoms with Crippen LogP contribution in [0.5, 0.6) is 17.2 Å². The highest BCUT2D eigenvalue weighted by Gasteiger charge is 2.49. The third-order valence-corrected chi connectivity index (χ3v) is 6.99. The number of anilines is 1. The Hall–Kier alpha value is -4.79. The normalized spacial score (nSPS) is 16.4. The fourth-order valence-corrected chi connectivity index (χ4v) is 4.84. The maximum atomic E-state index is 14.0. The van der Waals surface area contributed by atoms with Crippen LogP contribution in [0.3, 0.4) is 0 Å². The van der Waals surface area contributed by atoms with Gasteiger partial charge in [0.1, 0.15) is 28.5 Å². The molecule has 1 unspecified atom stereocenters. The van der Waals surface area contributed by atoms with Crippen molar-refractivity contribution in [1.29, 1.82) is 0 Å². The number of carbonyl (C=O) groups excluding carboxylic acids is 2. The first-order valence-electron chi connectivity index (χ1n) is 12.5. The van der Waals surface area contributed by atoms with Crippen molar-refractivity contribution >= 4 is 17.5 Å². The summed E-state index contributed by atoms with van der Waals surface area (Å²) in [6.45, 7) is 2.16. The van der Waals surface area contributed by atoms with Gasteiger partial charge in [-0.3, -0.25) is 19.2 Å². The molecule has 0 radical (unpaired) electrons. The Morgan fingerprint density at radius 2 is 1.56 bits per heavy atom. The van der Waals surface area contributed by atoms with E-state index in [1.165, 1.54) is 0 Å². The Morgan fingerprint density at radius 3 is 2.21 bits per heavy atom. The lowest BCUT2D eigenvalue weighted by atomic mass is 9.93. The second-order valence-electron chi connectivity index (χ2n) is 9.41. The Labute approximate surface area is 226 Å². The van der Waals surface area contributed by atoms with Crippen molar-refractivity contribution < 1.29 is 23.8 Å². The lowest BCUT2D eigenvalue weighted by Crippen LogP contribution is -2.64. The van der Waals surface area contributed by atoms with E-state index in [1.54, 1.807) is 68.2 Å². The van der Waals surface area contributed by atoms with Crippen molar-refractivity contribution in [2.45, 2.75) is 25.6 Å². The van der Waals surface area contributed by atoms with Crippen molar-refractivity contribution in [2.75, 3.05) is 26.2 Å². The highest BCUT2D eigenvalue weighted by atomic mass is 16.5. The fraction of sp³-hybridized carbons (Fsp3) is 0.233. The number of para-hydroxylation sites is 1. The Kier molecular flexibility index (Phi) is 6.98. The SMILES string of the molecule is COc1ccc(-c2cc3n(n2)CC(C)(C(=O)NCc2ccccc2OC)N(c2ccc(OC)cc2)C3=O)cc1. The van der Waals surface area contributed by atoms with Crippen LogP contribution in [0.4, 0.5) is 5.69 Å². The van der Waals surface area contributed by atoms with Gasteiger partial charge in [-0.2, -0.15) is 5.10 Å². The molecule has 39 heavy (non-hydrogen) atoms. The van der Waals surface area contributed by atoms with E-state index in [0.717, 1.165) is 16.9 Å². The Morgan fingerprint density at radius 1 is 0.923 bits per heavy atom. The van der Waals surface area contributed by atoms with Crippen LogP contribution in [-0.2, 0) is 17.9 Å². The van der Waals surface area contributed by atoms with E-state index in [-0.39, 0.29) is 24.9 Å². The van der Waals surface area contributed by atoms with Crippen LogP contribution in [-0.4, -0.2) is 48.5 Å². The van der Waals surface area contributed by atoms with Crippen LogP contribution in [0, 0.1) is 0 Å². The molecule has 1 atom stereocenters. The number of methoxy groups -OCH3 is 3. The minimum atomic E-state index is -1.27. The number of nitrogens with zero attached hydrogens (tertiary/aromatic N) is 3. The molecule has 1 aliphatic rings. The van der Waals surface area contributed by atoms with Crippen LogP contribution < -0.4 is 24.4 Å². The average Bonchev–Trinajstić information content (AvgIpc) is 3.40. The molecule has 2 amide bonds. The van der Waals surface area contributed by atoms with Gasteiger partial charge in [0.2, 0.25) is 5.91 Å². The van der Waals surface area contributed by atoms with E-state index < -0.39 is 5.54 Å². The Bertz CT molecular complexity index is 1500. The smallest absolute Gasteiger partial charge is 0.277 e. The fourth-order valence-electron chi connectivity index (χ4n) is 4.84. The molecular weight excluding hydrogens is 496 g/mol. The molecule has 1 N–H and O–H groups in total. The van der Waals surface area contributed by atoms with Crippen molar-refractivity contribution in [3.05, 3.63) is 90.1 Å². The number of aromatic nitrogens is 2. The number of rotatable bonds is 8. The summed E-state index contributed by atoms with van der Waals surface area (Å²) < 4.78 is 17.6. The molecule has 0 spiro atoms. The third kappa shape index (κ3) is 4.79. The van der Waals surface area contributed by atoms with E-state index in [0.29, 0.717) is 28.6 Å². The first-order chi connectivity index (χ1) is 18.9. The van der Waals surface area contributed by atoms with E-state index in [1.807, 2.05) is 48.5 Å². The third-order valence-electron chi connectivity index (χ3n) is 6.99. The number of fused-ring (bicyclic) bond motifs is 1. The van der Waals surface area contributed by atoms with Gasteiger partial charge in [-0.25, -0.2) is 0 Å². The molecule has 9 heteroatoms. The van der Waals surface area contributed by atoms with Gasteiger partial charge in [0, 0.05) is 23.4 Å². The second kappa shape index (κ2) is 10.5. The van der Waals surface area contributed by atoms with Gasteiger partial charge in [-0.1, -0.05) is 18.2 Å². The summed E-state index contributed by atoms with van der Waals surface area (Å²) >= 11 is 0. The molecule has 200 valence electrons. The summed E-state index contributed by atoms with van der Waals surface area (Å²) in [6, 6.07) is 23.8. The summed E-state index contributed by atoms with van der Waals surface area (Å²) in [5.41, 5.74) is 2.00. The topological polar surface area (TPSA) is 94.9 Å². The summed E-state index contributed by atoms with van der Waals surface area (Å²) in [6.07, 6.45) is 0. The highest BCUT2D eigenvalue weighted by Crippen LogP contribution is 2.35. The molecule has 4 aromatic rings. The van der Waals surface area contributed by atoms with Gasteiger partial charge >= 0.3 is 0 Å². The predicted molar refractivity (Wildman–Crippen MR) is 147 cm³/mol. The van der Waals surface area contributed by atoms with Crippen molar-refractivity contribution in [3.8, 4) is 28.5 Å². The molecule has 3 aromatic carbocycles. The molecular formula is C30H30N4O5. The molecule has 1 aromatic heterocycles. The zero-order valence-electron chi connectivity index (χ0n) is 22.3. The maximum absolute atomic E-state index is 14.0. The van der Waals surface area contributed by atoms with E-state index in [2.05, 4.69) is 5.32 Å². The number of ether oxygens (including phenoxy) is 3. The van der Waals surface area contributed by atoms with Crippen molar-refractivity contribution in [3.63, 3.8) is 0 Å². The number of hydrogen-bond donors (Lipinski definition) is 1. The molecule has 0 saturated heterocycles. The minimum absolute atomic E-state index is 0.161. The Balaban J connectivity index is 1.52. The number of hydrogen-bond acceptors (Lipinski definition) is 6. The quantitative estimate of drug-likeness (QED) is 0.368. The van der Waals surface area contributed by atoms with Crippen molar-refractivity contribution in [2.24, 2.45) is 0 Å². The van der Waals surface area contributed by atoms with Crippen LogP contribution in [0.15, 0.2) is 78.9 Å². The van der Waals surface area contributed by atoms with Crippen molar-refractivity contribution in [1.82, 2.24) is 15.1 Å². The lowest BCUT2D eigenvalue weighted by Gasteiger charge is -2.43. The average molecular weight is 527 g/mol. The monoisotopic (exact) mass is 526 g/mol. The van der Waals surface area contributed by atoms with E-state index >= 15 is 0 Å². The number of amides is 2. The molecule has 5 rings (SSSR count). The van der Waals surface area contributed by atoms with Gasteiger partial charge in [0.25, 0.3) is 5.91 Å². The van der Waals surface area contributed by atoms with Crippen LogP contribution >= 0.6 is 0 Å². The molecule has 9 nitrogen and oxygen atoms in total. The van der Waals surface area contributed by atoms with Gasteiger partial charge in [-0.05, 0) is 67.6 Å². The van der Waals surface area contributed by atoms with E-state index in [9.17, 15) is 9.59 Å². The first-order valence-corrected chi connectivity index (χ1v) is 12.5. The predicted octanol–water partition coefficient (Wildman–Crippen LogP) is 4.31. The minimum Gasteiger partial charge on any atom is -0.497 e. The molecule has 0 saturated carbocycles. The van der Waals surface area contributed by atoms with E-state index in [4.69, 9.17) is 19.3 Å². The summed E-state index contributed by atoms with van der Waals surface area (Å²) in [4.78, 5) is 29.4. The van der Waals surface area contributed by atoms with Gasteiger partial charge in [0.05, 0.1) is 33.6 Å². The summed E-state index contributed by atoms with van der Waals surface area (Å²) in [5, 5.41) is 7.73. The first kappa shape index (κ1) is 25.8. The van der Waals surface area contributed by atoms with Crippen LogP contribution in [0.2, 0.25) is 0 Å². The standard InChI is InChI=1S/C30H30N4O5/c1-30(29(36)31-18-21-7-5-6-8-27(21)39-4)19-33-26(17-25(32-33)20-9-13-23(37-2)14-10-20)28(35)34(30)22-11-15-24(38-3)16-12-22/h5-17H,18-19H2,1-4H3,(H,31,36). The molecule has 1 aliphatic heterocycles. The van der Waals surface area contributed by atoms with Crippen LogP contribution in [0.1, 0.15) is 23.0 Å². The summed E-state index contributed by atoms with van der Waals surface area (Å²) in [7, 11) is 4.78. The number of benzene rings is 3. The highest BCUT2D eigenvalue weighted by molar-refractivity contribution is 6.12. The number of nitrogens with one attached hydrogen (secondary N) is 1. The van der Waals surface area contributed by atoms with Gasteiger partial charge < -0.3 is 19.5 Å².